The van der Waals surface area contributed by atoms with Gasteiger partial charge >= 0.3 is 0 Å². The molecular weight excluding hydrogens is 918 g/mol. The summed E-state index contributed by atoms with van der Waals surface area (Å²) in [6.07, 6.45) is 37.6. The van der Waals surface area contributed by atoms with Crippen LogP contribution in [0.3, 0.4) is 0 Å². The molecule has 4 rings (SSSR count). The lowest BCUT2D eigenvalue weighted by atomic mass is 10.1. The highest BCUT2D eigenvalue weighted by molar-refractivity contribution is 9.09. The Bertz CT molecular complexity index is 1290. The molecule has 0 amide bonds. The number of quaternary nitrogens is 1. The molecular formula is C44H67Br4N5. The molecule has 0 unspecified atom stereocenters. The maximum Gasteiger partial charge on any atom is 0.169 e. The Morgan fingerprint density at radius 1 is 0.453 bits per heavy atom. The van der Waals surface area contributed by atoms with Gasteiger partial charge in [0, 0.05) is 72.8 Å². The first kappa shape index (κ1) is 51.5. The zero-order chi connectivity index (χ0) is 36.7. The predicted molar refractivity (Wildman–Crippen MR) is 226 cm³/mol. The van der Waals surface area contributed by atoms with Gasteiger partial charge in [0.25, 0.3) is 0 Å². The fraction of sp³-hybridized carbons (Fsp3) is 0.545. The van der Waals surface area contributed by atoms with Gasteiger partial charge in [-0.05, 0) is 84.3 Å². The van der Waals surface area contributed by atoms with E-state index in [9.17, 15) is 0 Å². The summed E-state index contributed by atoms with van der Waals surface area (Å²) in [6.45, 7) is 6.01. The highest BCUT2D eigenvalue weighted by Crippen LogP contribution is 2.17. The molecule has 0 aliphatic rings. The van der Waals surface area contributed by atoms with Gasteiger partial charge in [0.1, 0.15) is 6.54 Å². The lowest BCUT2D eigenvalue weighted by molar-refractivity contribution is -0.891. The van der Waals surface area contributed by atoms with Crippen molar-refractivity contribution in [1.29, 1.82) is 0 Å². The SMILES string of the molecule is BrCCCCBr.CCCCCCCCCCCCCC[N+](C)(C)CCCC[n+]1ccc(-c2ccncc2)cc1.[Br-].[Br-].c1cc(-c2ccncc2)ccn1. The Hall–Kier alpha value is -1.52. The molecule has 4 heterocycles. The van der Waals surface area contributed by atoms with E-state index in [0.29, 0.717) is 0 Å². The van der Waals surface area contributed by atoms with Crippen LogP contribution in [0.5, 0.6) is 0 Å². The van der Waals surface area contributed by atoms with Gasteiger partial charge in [0.15, 0.2) is 12.4 Å². The Kier molecular flexibility index (Phi) is 33.9. The van der Waals surface area contributed by atoms with Crippen LogP contribution in [-0.4, -0.2) is 57.3 Å². The van der Waals surface area contributed by atoms with Gasteiger partial charge in [-0.25, -0.2) is 4.57 Å². The van der Waals surface area contributed by atoms with Crippen LogP contribution in [0.1, 0.15) is 110 Å². The van der Waals surface area contributed by atoms with E-state index in [4.69, 9.17) is 0 Å². The van der Waals surface area contributed by atoms with Crippen molar-refractivity contribution < 1.29 is 43.0 Å². The average Bonchev–Trinajstić information content (AvgIpc) is 3.18. The summed E-state index contributed by atoms with van der Waals surface area (Å²) < 4.78 is 3.49. The first-order valence-electron chi connectivity index (χ1n) is 19.6. The molecule has 0 N–H and O–H groups in total. The van der Waals surface area contributed by atoms with E-state index in [-0.39, 0.29) is 34.0 Å². The number of hydrogen-bond donors (Lipinski definition) is 0. The summed E-state index contributed by atoms with van der Waals surface area (Å²) >= 11 is 6.66. The maximum absolute atomic E-state index is 4.10. The van der Waals surface area contributed by atoms with Gasteiger partial charge in [-0.3, -0.25) is 15.0 Å². The summed E-state index contributed by atoms with van der Waals surface area (Å²) in [5, 5.41) is 2.28. The van der Waals surface area contributed by atoms with E-state index < -0.39 is 0 Å². The number of alkyl halides is 2. The molecule has 0 atom stereocenters. The Morgan fingerprint density at radius 3 is 1.13 bits per heavy atom. The minimum Gasteiger partial charge on any atom is -1.00 e. The van der Waals surface area contributed by atoms with E-state index in [0.717, 1.165) is 17.2 Å². The minimum absolute atomic E-state index is 0. The minimum atomic E-state index is 0. The normalized spacial score (nSPS) is 10.5. The van der Waals surface area contributed by atoms with Crippen molar-refractivity contribution in [3.05, 3.63) is 98.1 Å². The summed E-state index contributed by atoms with van der Waals surface area (Å²) in [5.41, 5.74) is 4.84. The van der Waals surface area contributed by atoms with Crippen molar-refractivity contribution in [3.63, 3.8) is 0 Å². The average molecular weight is 986 g/mol. The second-order valence-electron chi connectivity index (χ2n) is 14.1. The number of hydrogen-bond acceptors (Lipinski definition) is 3. The van der Waals surface area contributed by atoms with Crippen molar-refractivity contribution in [2.24, 2.45) is 0 Å². The quantitative estimate of drug-likeness (QED) is 0.0380. The number of nitrogens with zero attached hydrogens (tertiary/aromatic N) is 5. The van der Waals surface area contributed by atoms with Crippen LogP contribution in [-0.2, 0) is 6.54 Å². The largest absolute Gasteiger partial charge is 1.00 e. The molecule has 9 heteroatoms. The van der Waals surface area contributed by atoms with Crippen LogP contribution >= 0.6 is 31.9 Å². The van der Waals surface area contributed by atoms with Crippen molar-refractivity contribution in [2.75, 3.05) is 37.8 Å². The molecule has 4 aromatic rings. The molecule has 0 radical (unpaired) electrons. The molecule has 0 spiro atoms. The highest BCUT2D eigenvalue weighted by Gasteiger charge is 2.14. The topological polar surface area (TPSA) is 42.5 Å². The second-order valence-corrected chi connectivity index (χ2v) is 15.7. The maximum atomic E-state index is 4.10. The second kappa shape index (κ2) is 34.9. The fourth-order valence-electron chi connectivity index (χ4n) is 5.95. The van der Waals surface area contributed by atoms with Crippen LogP contribution in [0.2, 0.25) is 0 Å². The fourth-order valence-corrected chi connectivity index (χ4v) is 6.74. The van der Waals surface area contributed by atoms with Crippen LogP contribution in [0.4, 0.5) is 0 Å². The Balaban J connectivity index is 0.00000110. The third kappa shape index (κ3) is 26.8. The van der Waals surface area contributed by atoms with Crippen LogP contribution in [0.15, 0.2) is 98.1 Å². The van der Waals surface area contributed by atoms with E-state index in [1.165, 1.54) is 143 Å². The molecule has 296 valence electrons. The smallest absolute Gasteiger partial charge is 0.169 e. The number of aryl methyl sites for hydroxylation is 1. The summed E-state index contributed by atoms with van der Waals surface area (Å²) in [4.78, 5) is 12.0. The molecule has 0 aliphatic heterocycles. The zero-order valence-electron chi connectivity index (χ0n) is 32.8. The van der Waals surface area contributed by atoms with E-state index in [1.54, 1.807) is 24.8 Å². The van der Waals surface area contributed by atoms with Gasteiger partial charge in [-0.15, -0.1) is 0 Å². The van der Waals surface area contributed by atoms with E-state index >= 15 is 0 Å². The van der Waals surface area contributed by atoms with Gasteiger partial charge in [0.2, 0.25) is 0 Å². The number of rotatable bonds is 23. The Labute approximate surface area is 361 Å². The number of unbranched alkanes of at least 4 members (excludes halogenated alkanes) is 13. The summed E-state index contributed by atoms with van der Waals surface area (Å²) in [7, 11) is 4.82. The highest BCUT2D eigenvalue weighted by atomic mass is 79.9. The molecule has 0 aromatic carbocycles. The molecule has 5 nitrogen and oxygen atoms in total. The standard InChI is InChI=1S/C30H51N3.C10H8N2.C4H8Br2.2BrH/c1-4-5-6-7-8-9-10-11-12-13-14-16-27-33(2,3)28-17-15-24-32-25-20-30(21-26-32)29-18-22-31-23-19-29;1-5-11-6-2-9(1)10-3-7-12-8-4-10;5-3-1-2-4-6;;/h18-23,25-26H,4-17,24,27-28H2,1-3H3;1-8H;1-4H2;2*1H/q+2;;;;/p-2. The first-order valence-corrected chi connectivity index (χ1v) is 21.9. The van der Waals surface area contributed by atoms with Gasteiger partial charge in [-0.2, -0.15) is 0 Å². The van der Waals surface area contributed by atoms with Gasteiger partial charge < -0.3 is 38.4 Å². The molecule has 0 saturated carbocycles. The van der Waals surface area contributed by atoms with Crippen LogP contribution in [0.25, 0.3) is 22.3 Å². The lowest BCUT2D eigenvalue weighted by Crippen LogP contribution is -3.00. The molecule has 0 bridgehead atoms. The van der Waals surface area contributed by atoms with Crippen molar-refractivity contribution in [2.45, 2.75) is 116 Å². The monoisotopic (exact) mass is 981 g/mol. The van der Waals surface area contributed by atoms with Gasteiger partial charge in [-0.1, -0.05) is 103 Å². The van der Waals surface area contributed by atoms with Crippen molar-refractivity contribution in [1.82, 2.24) is 15.0 Å². The first-order chi connectivity index (χ1) is 25.0. The summed E-state index contributed by atoms with van der Waals surface area (Å²) in [6, 6.07) is 16.5. The lowest BCUT2D eigenvalue weighted by Gasteiger charge is -2.29. The van der Waals surface area contributed by atoms with Crippen molar-refractivity contribution in [3.8, 4) is 22.3 Å². The number of pyridine rings is 4. The number of halogens is 4. The molecule has 0 fully saturated rings. The van der Waals surface area contributed by atoms with Crippen LogP contribution in [0, 0.1) is 0 Å². The molecule has 4 aromatic heterocycles. The Morgan fingerprint density at radius 2 is 0.774 bits per heavy atom. The van der Waals surface area contributed by atoms with E-state index in [1.807, 2.05) is 36.7 Å². The summed E-state index contributed by atoms with van der Waals surface area (Å²) in [5.74, 6) is 0. The predicted octanol–water partition coefficient (Wildman–Crippen LogP) is 6.30. The van der Waals surface area contributed by atoms with Crippen LogP contribution < -0.4 is 38.5 Å². The van der Waals surface area contributed by atoms with Crippen molar-refractivity contribution >= 4 is 31.9 Å². The third-order valence-electron chi connectivity index (χ3n) is 9.16. The zero-order valence-corrected chi connectivity index (χ0v) is 39.2. The van der Waals surface area contributed by atoms with Gasteiger partial charge in [0.05, 0.1) is 27.2 Å². The van der Waals surface area contributed by atoms with E-state index in [2.05, 4.69) is 109 Å². The molecule has 0 aliphatic carbocycles. The number of aromatic nitrogens is 4. The molecule has 53 heavy (non-hydrogen) atoms. The molecule has 0 saturated heterocycles. The third-order valence-corrected chi connectivity index (χ3v) is 10.3.